The Bertz CT molecular complexity index is 1500. The summed E-state index contributed by atoms with van der Waals surface area (Å²) < 4.78 is 37.7. The first-order valence-electron chi connectivity index (χ1n) is 13.7. The maximum atomic E-state index is 14.2. The monoisotopic (exact) mass is 649 g/mol. The third-order valence-corrected chi connectivity index (χ3v) is 8.65. The molecule has 43 heavy (non-hydrogen) atoms. The first kappa shape index (κ1) is 34.0. The molecule has 0 aromatic heterocycles. The summed E-state index contributed by atoms with van der Waals surface area (Å²) in [7, 11) is -1.05. The Morgan fingerprint density at radius 1 is 0.907 bits per heavy atom. The topological polar surface area (TPSA) is 105 Å². The molecule has 0 spiro atoms. The second kappa shape index (κ2) is 15.8. The Labute approximate surface area is 263 Å². The summed E-state index contributed by atoms with van der Waals surface area (Å²) in [5.41, 5.74) is 1.67. The smallest absolute Gasteiger partial charge is 0.244 e. The molecular weight excluding hydrogens is 613 g/mol. The second-order valence-corrected chi connectivity index (χ2v) is 12.7. The van der Waals surface area contributed by atoms with E-state index < -0.39 is 28.5 Å². The number of benzene rings is 3. The summed E-state index contributed by atoms with van der Waals surface area (Å²) in [6.45, 7) is 1.87. The standard InChI is InChI=1S/C31H37Cl2N3O6S/c1-5-6-16-34-31(38)27(18-22-10-8-7-9-11-22)35(20-23-12-14-25(32)26(33)17-23)30(37)21-36(43(4,39)40)24-13-15-28(41-2)29(19-24)42-3/h7-15,17,19,27H,5-6,16,18,20-21H2,1-4H3,(H,34,38)/t27-/m0/s1. The molecule has 0 fully saturated rings. The number of hydrogen-bond acceptors (Lipinski definition) is 6. The first-order chi connectivity index (χ1) is 20.5. The number of carbonyl (C=O) groups excluding carboxylic acids is 2. The summed E-state index contributed by atoms with van der Waals surface area (Å²) >= 11 is 12.4. The highest BCUT2D eigenvalue weighted by atomic mass is 35.5. The number of carbonyl (C=O) groups is 2. The number of ether oxygens (including phenoxy) is 2. The van der Waals surface area contributed by atoms with E-state index in [9.17, 15) is 18.0 Å². The lowest BCUT2D eigenvalue weighted by Crippen LogP contribution is -2.53. The van der Waals surface area contributed by atoms with Crippen LogP contribution in [0.3, 0.4) is 0 Å². The van der Waals surface area contributed by atoms with Gasteiger partial charge in [-0.15, -0.1) is 0 Å². The van der Waals surface area contributed by atoms with Crippen molar-refractivity contribution in [2.75, 3.05) is 37.9 Å². The van der Waals surface area contributed by atoms with E-state index in [1.54, 1.807) is 24.3 Å². The van der Waals surface area contributed by atoms with Crippen molar-refractivity contribution in [2.45, 2.75) is 38.8 Å². The van der Waals surface area contributed by atoms with E-state index in [0.29, 0.717) is 33.7 Å². The lowest BCUT2D eigenvalue weighted by Gasteiger charge is -2.33. The van der Waals surface area contributed by atoms with Crippen LogP contribution < -0.4 is 19.1 Å². The fraction of sp³-hybridized carbons (Fsp3) is 0.355. The van der Waals surface area contributed by atoms with Crippen LogP contribution in [0.5, 0.6) is 11.5 Å². The van der Waals surface area contributed by atoms with Crippen LogP contribution in [0.15, 0.2) is 66.7 Å². The molecular formula is C31H37Cl2N3O6S. The maximum absolute atomic E-state index is 14.2. The van der Waals surface area contributed by atoms with Gasteiger partial charge in [0, 0.05) is 25.6 Å². The zero-order valence-electron chi connectivity index (χ0n) is 24.7. The van der Waals surface area contributed by atoms with Crippen LogP contribution in [0.25, 0.3) is 0 Å². The summed E-state index contributed by atoms with van der Waals surface area (Å²) in [6.07, 6.45) is 2.87. The van der Waals surface area contributed by atoms with Crippen LogP contribution in [0.1, 0.15) is 30.9 Å². The highest BCUT2D eigenvalue weighted by Crippen LogP contribution is 2.32. The van der Waals surface area contributed by atoms with Gasteiger partial charge in [-0.05, 0) is 41.8 Å². The summed E-state index contributed by atoms with van der Waals surface area (Å²) in [5.74, 6) is -0.231. The van der Waals surface area contributed by atoms with Crippen LogP contribution in [-0.4, -0.2) is 64.7 Å². The molecule has 3 aromatic carbocycles. The molecule has 0 radical (unpaired) electrons. The van der Waals surface area contributed by atoms with Gasteiger partial charge in [-0.1, -0.05) is 72.9 Å². The number of unbranched alkanes of at least 4 members (excludes halogenated alkanes) is 1. The number of nitrogens with zero attached hydrogens (tertiary/aromatic N) is 2. The van der Waals surface area contributed by atoms with Gasteiger partial charge in [0.05, 0.1) is 36.2 Å². The van der Waals surface area contributed by atoms with Crippen molar-refractivity contribution in [3.63, 3.8) is 0 Å². The third-order valence-electron chi connectivity index (χ3n) is 6.77. The molecule has 0 saturated heterocycles. The van der Waals surface area contributed by atoms with Gasteiger partial charge in [-0.3, -0.25) is 13.9 Å². The predicted molar refractivity (Wildman–Crippen MR) is 171 cm³/mol. The molecule has 0 heterocycles. The van der Waals surface area contributed by atoms with E-state index in [0.717, 1.165) is 29.0 Å². The van der Waals surface area contributed by atoms with Gasteiger partial charge >= 0.3 is 0 Å². The maximum Gasteiger partial charge on any atom is 0.244 e. The summed E-state index contributed by atoms with van der Waals surface area (Å²) in [4.78, 5) is 29.3. The van der Waals surface area contributed by atoms with Crippen LogP contribution in [0.4, 0.5) is 5.69 Å². The van der Waals surface area contributed by atoms with Crippen molar-refractivity contribution in [1.82, 2.24) is 10.2 Å². The minimum Gasteiger partial charge on any atom is -0.493 e. The number of sulfonamides is 1. The molecule has 0 saturated carbocycles. The van der Waals surface area contributed by atoms with Crippen molar-refractivity contribution in [3.05, 3.63) is 87.9 Å². The van der Waals surface area contributed by atoms with E-state index in [4.69, 9.17) is 32.7 Å². The van der Waals surface area contributed by atoms with Crippen molar-refractivity contribution in [1.29, 1.82) is 0 Å². The Morgan fingerprint density at radius 3 is 2.21 bits per heavy atom. The predicted octanol–water partition coefficient (Wildman–Crippen LogP) is 5.33. The lowest BCUT2D eigenvalue weighted by molar-refractivity contribution is -0.140. The Kier molecular flexibility index (Phi) is 12.5. The molecule has 12 heteroatoms. The average molecular weight is 651 g/mol. The lowest BCUT2D eigenvalue weighted by atomic mass is 10.0. The number of methoxy groups -OCH3 is 2. The zero-order valence-corrected chi connectivity index (χ0v) is 27.0. The molecule has 232 valence electrons. The fourth-order valence-electron chi connectivity index (χ4n) is 4.49. The highest BCUT2D eigenvalue weighted by molar-refractivity contribution is 7.92. The molecule has 0 aliphatic heterocycles. The molecule has 0 aliphatic carbocycles. The van der Waals surface area contributed by atoms with Gasteiger partial charge in [0.15, 0.2) is 11.5 Å². The quantitative estimate of drug-likeness (QED) is 0.223. The minimum atomic E-state index is -3.95. The van der Waals surface area contributed by atoms with E-state index in [2.05, 4.69) is 5.32 Å². The van der Waals surface area contributed by atoms with Crippen LogP contribution in [0, 0.1) is 0 Å². The molecule has 9 nitrogen and oxygen atoms in total. The Morgan fingerprint density at radius 2 is 1.60 bits per heavy atom. The van der Waals surface area contributed by atoms with Gasteiger partial charge in [0.2, 0.25) is 21.8 Å². The van der Waals surface area contributed by atoms with Crippen molar-refractivity contribution in [3.8, 4) is 11.5 Å². The molecule has 3 aromatic rings. The third kappa shape index (κ3) is 9.51. The molecule has 0 aliphatic rings. The number of rotatable bonds is 15. The van der Waals surface area contributed by atoms with Gasteiger partial charge < -0.3 is 19.7 Å². The van der Waals surface area contributed by atoms with Gasteiger partial charge in [-0.2, -0.15) is 0 Å². The highest BCUT2D eigenvalue weighted by Gasteiger charge is 2.33. The van der Waals surface area contributed by atoms with Crippen LogP contribution in [-0.2, 0) is 32.6 Å². The zero-order chi connectivity index (χ0) is 31.6. The Balaban J connectivity index is 2.08. The van der Waals surface area contributed by atoms with Crippen molar-refractivity contribution >= 4 is 50.7 Å². The molecule has 1 N–H and O–H groups in total. The van der Waals surface area contributed by atoms with Gasteiger partial charge in [0.25, 0.3) is 0 Å². The molecule has 3 rings (SSSR count). The molecule has 0 unspecified atom stereocenters. The average Bonchev–Trinajstić information content (AvgIpc) is 2.99. The van der Waals surface area contributed by atoms with Gasteiger partial charge in [0.1, 0.15) is 12.6 Å². The van der Waals surface area contributed by atoms with Crippen LogP contribution in [0.2, 0.25) is 10.0 Å². The SMILES string of the molecule is CCCCNC(=O)[C@H](Cc1ccccc1)N(Cc1ccc(Cl)c(Cl)c1)C(=O)CN(c1ccc(OC)c(OC)c1)S(C)(=O)=O. The van der Waals surface area contributed by atoms with Crippen molar-refractivity contribution < 1.29 is 27.5 Å². The first-order valence-corrected chi connectivity index (χ1v) is 16.3. The van der Waals surface area contributed by atoms with E-state index >= 15 is 0 Å². The largest absolute Gasteiger partial charge is 0.493 e. The fourth-order valence-corrected chi connectivity index (χ4v) is 5.65. The number of amides is 2. The second-order valence-electron chi connectivity index (χ2n) is 9.93. The number of halogens is 2. The summed E-state index contributed by atoms with van der Waals surface area (Å²) in [5, 5.41) is 3.58. The molecule has 1 atom stereocenters. The molecule has 2 amide bonds. The van der Waals surface area contributed by atoms with Crippen LogP contribution >= 0.6 is 23.2 Å². The van der Waals surface area contributed by atoms with Crippen molar-refractivity contribution in [2.24, 2.45) is 0 Å². The number of hydrogen-bond donors (Lipinski definition) is 1. The van der Waals surface area contributed by atoms with E-state index in [-0.39, 0.29) is 24.6 Å². The van der Waals surface area contributed by atoms with E-state index in [1.165, 1.54) is 31.3 Å². The van der Waals surface area contributed by atoms with Gasteiger partial charge in [-0.25, -0.2) is 8.42 Å². The Hall–Kier alpha value is -3.47. The molecule has 0 bridgehead atoms. The number of nitrogens with one attached hydrogen (secondary N) is 1. The summed E-state index contributed by atoms with van der Waals surface area (Å²) in [6, 6.07) is 17.9. The number of anilines is 1. The normalized spacial score (nSPS) is 11.9. The minimum absolute atomic E-state index is 0.0159. The van der Waals surface area contributed by atoms with E-state index in [1.807, 2.05) is 37.3 Å².